The molecule has 3 rings (SSSR count). The number of halogens is 1. The predicted octanol–water partition coefficient (Wildman–Crippen LogP) is 3.00. The summed E-state index contributed by atoms with van der Waals surface area (Å²) in [5.74, 6) is 0.0142. The van der Waals surface area contributed by atoms with Crippen LogP contribution in [0.5, 0.6) is 0 Å². The monoisotopic (exact) mass is 431 g/mol. The van der Waals surface area contributed by atoms with Crippen LogP contribution < -0.4 is 10.5 Å². The van der Waals surface area contributed by atoms with Crippen molar-refractivity contribution in [1.82, 2.24) is 9.78 Å². The lowest BCUT2D eigenvalue weighted by molar-refractivity contribution is 0.586. The van der Waals surface area contributed by atoms with Crippen molar-refractivity contribution in [3.8, 4) is 0 Å². The van der Waals surface area contributed by atoms with Gasteiger partial charge in [0.2, 0.25) is 0 Å². The average Bonchev–Trinajstić information content (AvgIpc) is 2.70. The molecule has 0 saturated heterocycles. The summed E-state index contributed by atoms with van der Waals surface area (Å²) in [6.07, 6.45) is 1.43. The second-order valence-corrected chi connectivity index (χ2v) is 8.93. The van der Waals surface area contributed by atoms with E-state index in [1.807, 2.05) is 36.4 Å². The van der Waals surface area contributed by atoms with Crippen molar-refractivity contribution >= 4 is 27.1 Å². The van der Waals surface area contributed by atoms with Gasteiger partial charge in [0.05, 0.1) is 17.6 Å². The number of rotatable bonds is 8. The van der Waals surface area contributed by atoms with E-state index in [4.69, 9.17) is 11.6 Å². The Morgan fingerprint density at radius 1 is 1.00 bits per heavy atom. The minimum Gasteiger partial charge on any atom is -0.363 e. The first-order valence-electron chi connectivity index (χ1n) is 9.10. The lowest BCUT2D eigenvalue weighted by atomic mass is 10.2. The van der Waals surface area contributed by atoms with E-state index in [0.717, 1.165) is 10.2 Å². The van der Waals surface area contributed by atoms with E-state index in [1.54, 1.807) is 29.2 Å². The number of aromatic nitrogens is 2. The minimum absolute atomic E-state index is 0.250. The Hall–Kier alpha value is -2.64. The summed E-state index contributed by atoms with van der Waals surface area (Å²) >= 11 is 5.98. The van der Waals surface area contributed by atoms with Gasteiger partial charge >= 0.3 is 0 Å². The third kappa shape index (κ3) is 5.05. The van der Waals surface area contributed by atoms with Crippen LogP contribution in [0.1, 0.15) is 11.1 Å². The van der Waals surface area contributed by atoms with Crippen LogP contribution in [0.3, 0.4) is 0 Å². The van der Waals surface area contributed by atoms with E-state index in [9.17, 15) is 13.2 Å². The summed E-state index contributed by atoms with van der Waals surface area (Å²) in [7, 11) is -2.47. The molecule has 152 valence electrons. The maximum absolute atomic E-state index is 13.3. The zero-order valence-electron chi connectivity index (χ0n) is 16.0. The van der Waals surface area contributed by atoms with Gasteiger partial charge in [0.25, 0.3) is 5.56 Å². The zero-order chi connectivity index (χ0) is 20.9. The molecule has 8 heteroatoms. The Kier molecular flexibility index (Phi) is 6.71. The van der Waals surface area contributed by atoms with Crippen LogP contribution in [0, 0.1) is 0 Å². The van der Waals surface area contributed by atoms with Gasteiger partial charge in [-0.15, -0.1) is 11.6 Å². The largest absolute Gasteiger partial charge is 0.363 e. The standard InChI is InChI=1S/C21H22ClN3O3S/c1-24-21(26)20(29(27,28)16-18-10-6-3-7-11-18)19(14-23-24)25(13-12-22)15-17-8-4-2-5-9-17/h2-11,14H,12-13,15-16H2,1H3. The third-order valence-electron chi connectivity index (χ3n) is 4.50. The quantitative estimate of drug-likeness (QED) is 0.513. The number of hydrogen-bond donors (Lipinski definition) is 0. The van der Waals surface area contributed by atoms with Crippen LogP contribution in [-0.2, 0) is 29.2 Å². The molecule has 6 nitrogen and oxygen atoms in total. The smallest absolute Gasteiger partial charge is 0.287 e. The summed E-state index contributed by atoms with van der Waals surface area (Å²) < 4.78 is 27.6. The van der Waals surface area contributed by atoms with Gasteiger partial charge in [0, 0.05) is 26.0 Å². The minimum atomic E-state index is -3.91. The molecule has 0 unspecified atom stereocenters. The van der Waals surface area contributed by atoms with Crippen LogP contribution in [0.4, 0.5) is 5.69 Å². The topological polar surface area (TPSA) is 72.3 Å². The van der Waals surface area contributed by atoms with Gasteiger partial charge in [-0.25, -0.2) is 13.1 Å². The lowest BCUT2D eigenvalue weighted by Gasteiger charge is -2.26. The number of hydrogen-bond acceptors (Lipinski definition) is 5. The van der Waals surface area contributed by atoms with Crippen LogP contribution in [0.25, 0.3) is 0 Å². The third-order valence-corrected chi connectivity index (χ3v) is 6.38. The van der Waals surface area contributed by atoms with E-state index < -0.39 is 15.4 Å². The second-order valence-electron chi connectivity index (χ2n) is 6.63. The van der Waals surface area contributed by atoms with Crippen molar-refractivity contribution in [2.24, 2.45) is 7.05 Å². The number of anilines is 1. The Morgan fingerprint density at radius 3 is 2.17 bits per heavy atom. The first kappa shape index (κ1) is 21.1. The molecule has 0 fully saturated rings. The Bertz CT molecular complexity index is 1120. The van der Waals surface area contributed by atoms with Gasteiger partial charge in [-0.05, 0) is 11.1 Å². The molecule has 0 bridgehead atoms. The van der Waals surface area contributed by atoms with Crippen molar-refractivity contribution in [1.29, 1.82) is 0 Å². The van der Waals surface area contributed by atoms with Crippen molar-refractivity contribution in [3.05, 3.63) is 88.3 Å². The van der Waals surface area contributed by atoms with Gasteiger partial charge in [-0.3, -0.25) is 4.79 Å². The Morgan fingerprint density at radius 2 is 1.59 bits per heavy atom. The fourth-order valence-electron chi connectivity index (χ4n) is 3.08. The van der Waals surface area contributed by atoms with Gasteiger partial charge in [-0.1, -0.05) is 60.7 Å². The number of nitrogens with zero attached hydrogens (tertiary/aromatic N) is 3. The highest BCUT2D eigenvalue weighted by Gasteiger charge is 2.27. The highest BCUT2D eigenvalue weighted by molar-refractivity contribution is 7.90. The van der Waals surface area contributed by atoms with Gasteiger partial charge in [0.1, 0.15) is 0 Å². The normalized spacial score (nSPS) is 11.4. The van der Waals surface area contributed by atoms with Crippen LogP contribution >= 0.6 is 11.6 Å². The van der Waals surface area contributed by atoms with Gasteiger partial charge < -0.3 is 4.90 Å². The molecule has 29 heavy (non-hydrogen) atoms. The molecule has 0 aliphatic heterocycles. The molecule has 1 aromatic heterocycles. The summed E-state index contributed by atoms with van der Waals surface area (Å²) in [4.78, 5) is 14.4. The predicted molar refractivity (Wildman–Crippen MR) is 115 cm³/mol. The first-order chi connectivity index (χ1) is 13.9. The van der Waals surface area contributed by atoms with E-state index in [-0.39, 0.29) is 22.2 Å². The summed E-state index contributed by atoms with van der Waals surface area (Å²) in [6, 6.07) is 18.4. The molecule has 0 aliphatic rings. The molecule has 3 aromatic rings. The second kappa shape index (κ2) is 9.24. The molecule has 0 amide bonds. The molecule has 0 spiro atoms. The van der Waals surface area contributed by atoms with E-state index in [0.29, 0.717) is 18.7 Å². The van der Waals surface area contributed by atoms with E-state index >= 15 is 0 Å². The van der Waals surface area contributed by atoms with Crippen LogP contribution in [0.15, 0.2) is 76.6 Å². The van der Waals surface area contributed by atoms with Crippen molar-refractivity contribution < 1.29 is 8.42 Å². The molecule has 0 N–H and O–H groups in total. The number of aryl methyl sites for hydroxylation is 1. The molecular formula is C21H22ClN3O3S. The van der Waals surface area contributed by atoms with Gasteiger partial charge in [0.15, 0.2) is 14.7 Å². The SMILES string of the molecule is Cn1ncc(N(CCCl)Cc2ccccc2)c(S(=O)(=O)Cc2ccccc2)c1=O. The maximum atomic E-state index is 13.3. The highest BCUT2D eigenvalue weighted by atomic mass is 35.5. The highest BCUT2D eigenvalue weighted by Crippen LogP contribution is 2.26. The Labute approximate surface area is 175 Å². The molecule has 1 heterocycles. The molecule has 2 aromatic carbocycles. The number of benzene rings is 2. The first-order valence-corrected chi connectivity index (χ1v) is 11.3. The van der Waals surface area contributed by atoms with Crippen molar-refractivity contribution in [2.75, 3.05) is 17.3 Å². The van der Waals surface area contributed by atoms with E-state index in [1.165, 1.54) is 13.2 Å². The van der Waals surface area contributed by atoms with Gasteiger partial charge in [-0.2, -0.15) is 5.10 Å². The summed E-state index contributed by atoms with van der Waals surface area (Å²) in [5.41, 5.74) is 1.22. The van der Waals surface area contributed by atoms with Crippen molar-refractivity contribution in [3.63, 3.8) is 0 Å². The molecule has 0 saturated carbocycles. The Balaban J connectivity index is 2.09. The van der Waals surface area contributed by atoms with Crippen molar-refractivity contribution in [2.45, 2.75) is 17.2 Å². The maximum Gasteiger partial charge on any atom is 0.287 e. The van der Waals surface area contributed by atoms with Crippen LogP contribution in [0.2, 0.25) is 0 Å². The molecule has 0 radical (unpaired) electrons. The zero-order valence-corrected chi connectivity index (χ0v) is 17.6. The summed E-state index contributed by atoms with van der Waals surface area (Å²) in [5, 5.41) is 4.06. The number of sulfone groups is 1. The van der Waals surface area contributed by atoms with E-state index in [2.05, 4.69) is 5.10 Å². The molecule has 0 atom stereocenters. The average molecular weight is 432 g/mol. The fourth-order valence-corrected chi connectivity index (χ4v) is 4.96. The van der Waals surface area contributed by atoms with Crippen LogP contribution in [-0.4, -0.2) is 30.6 Å². The summed E-state index contributed by atoms with van der Waals surface area (Å²) in [6.45, 7) is 0.787. The fraction of sp³-hybridized carbons (Fsp3) is 0.238. The molecular weight excluding hydrogens is 410 g/mol. The lowest BCUT2D eigenvalue weighted by Crippen LogP contribution is -2.33. The number of alkyl halides is 1. The molecule has 0 aliphatic carbocycles.